The number of thioether (sulfide) groups is 1. The number of benzene rings is 1. The first-order valence-corrected chi connectivity index (χ1v) is 9.60. The van der Waals surface area contributed by atoms with E-state index < -0.39 is 29.0 Å². The number of imide groups is 1. The molecule has 1 aromatic carbocycles. The first-order valence-electron chi connectivity index (χ1n) is 7.84. The van der Waals surface area contributed by atoms with E-state index >= 15 is 0 Å². The van der Waals surface area contributed by atoms with Crippen molar-refractivity contribution in [2.75, 3.05) is 19.1 Å². The molecule has 0 bridgehead atoms. The van der Waals surface area contributed by atoms with Crippen molar-refractivity contribution in [1.29, 1.82) is 0 Å². The number of carbonyl (C=O) groups excluding carboxylic acids is 4. The molecule has 1 aliphatic rings. The molecule has 0 unspecified atom stereocenters. The molecular weight excluding hydrogens is 390 g/mol. The van der Waals surface area contributed by atoms with Crippen LogP contribution in [0.3, 0.4) is 0 Å². The highest BCUT2D eigenvalue weighted by molar-refractivity contribution is 8.00. The van der Waals surface area contributed by atoms with Crippen LogP contribution in [0.5, 0.6) is 0 Å². The summed E-state index contributed by atoms with van der Waals surface area (Å²) in [7, 11) is 2.51. The molecule has 1 fully saturated rings. The highest BCUT2D eigenvalue weighted by atomic mass is 32.2. The van der Waals surface area contributed by atoms with Crippen LogP contribution in [0.2, 0.25) is 0 Å². The van der Waals surface area contributed by atoms with Gasteiger partial charge in [0.2, 0.25) is 11.8 Å². The third-order valence-corrected chi connectivity index (χ3v) is 6.08. The Morgan fingerprint density at radius 1 is 1.07 bits per heavy atom. The summed E-state index contributed by atoms with van der Waals surface area (Å²) in [6, 6.07) is 8.24. The smallest absolute Gasteiger partial charge is 0.340 e. The van der Waals surface area contributed by atoms with Gasteiger partial charge in [-0.1, -0.05) is 12.1 Å². The van der Waals surface area contributed by atoms with Gasteiger partial charge in [-0.05, 0) is 23.6 Å². The maximum atomic E-state index is 12.9. The predicted octanol–water partition coefficient (Wildman–Crippen LogP) is 2.75. The van der Waals surface area contributed by atoms with Gasteiger partial charge in [0.25, 0.3) is 0 Å². The van der Waals surface area contributed by atoms with Crippen molar-refractivity contribution in [1.82, 2.24) is 0 Å². The number of amides is 2. The van der Waals surface area contributed by atoms with Crippen molar-refractivity contribution in [3.63, 3.8) is 0 Å². The monoisotopic (exact) mass is 405 g/mol. The van der Waals surface area contributed by atoms with E-state index in [2.05, 4.69) is 0 Å². The second kappa shape index (κ2) is 7.93. The van der Waals surface area contributed by atoms with Gasteiger partial charge in [-0.2, -0.15) is 0 Å². The molecule has 0 N–H and O–H groups in total. The lowest BCUT2D eigenvalue weighted by Crippen LogP contribution is -2.31. The van der Waals surface area contributed by atoms with Crippen LogP contribution < -0.4 is 4.90 Å². The van der Waals surface area contributed by atoms with E-state index in [1.807, 2.05) is 0 Å². The van der Waals surface area contributed by atoms with E-state index in [-0.39, 0.29) is 17.0 Å². The number of thiophene rings is 1. The lowest BCUT2D eigenvalue weighted by Gasteiger charge is -2.15. The number of carbonyl (C=O) groups is 4. The zero-order chi connectivity index (χ0) is 19.6. The van der Waals surface area contributed by atoms with Crippen LogP contribution in [0.1, 0.15) is 27.1 Å². The topological polar surface area (TPSA) is 90.0 Å². The molecule has 3 rings (SSSR count). The quantitative estimate of drug-likeness (QED) is 0.558. The van der Waals surface area contributed by atoms with Gasteiger partial charge >= 0.3 is 11.9 Å². The van der Waals surface area contributed by atoms with Crippen LogP contribution >= 0.6 is 23.1 Å². The number of esters is 2. The van der Waals surface area contributed by atoms with E-state index in [0.29, 0.717) is 10.5 Å². The van der Waals surface area contributed by atoms with Gasteiger partial charge in [-0.3, -0.25) is 9.59 Å². The molecule has 2 amide bonds. The highest BCUT2D eigenvalue weighted by Gasteiger charge is 2.42. The molecule has 1 aliphatic heterocycles. The van der Waals surface area contributed by atoms with Crippen molar-refractivity contribution in [3.8, 4) is 0 Å². The Balaban J connectivity index is 1.87. The Bertz CT molecular complexity index is 922. The minimum absolute atomic E-state index is 0.0302. The third-order valence-electron chi connectivity index (χ3n) is 3.92. The Morgan fingerprint density at radius 3 is 2.44 bits per heavy atom. The van der Waals surface area contributed by atoms with Crippen LogP contribution in [0, 0.1) is 0 Å². The number of hydrogen-bond acceptors (Lipinski definition) is 8. The molecular formula is C18H15NO6S2. The summed E-state index contributed by atoms with van der Waals surface area (Å²) >= 11 is 2.25. The summed E-state index contributed by atoms with van der Waals surface area (Å²) in [6.45, 7) is 0. The molecule has 0 saturated carbocycles. The van der Waals surface area contributed by atoms with Crippen molar-refractivity contribution in [2.24, 2.45) is 0 Å². The largest absolute Gasteiger partial charge is 0.465 e. The second-order valence-corrected chi connectivity index (χ2v) is 7.64. The summed E-state index contributed by atoms with van der Waals surface area (Å²) in [5, 5.41) is 1.17. The highest BCUT2D eigenvalue weighted by Crippen LogP contribution is 2.38. The van der Waals surface area contributed by atoms with Crippen LogP contribution in [-0.2, 0) is 19.1 Å². The molecule has 0 aliphatic carbocycles. The maximum absolute atomic E-state index is 12.9. The van der Waals surface area contributed by atoms with Gasteiger partial charge in [0.1, 0.15) is 5.00 Å². The summed E-state index contributed by atoms with van der Waals surface area (Å²) in [6.07, 6.45) is -0.0302. The first-order chi connectivity index (χ1) is 13.0. The van der Waals surface area contributed by atoms with Crippen LogP contribution in [0.4, 0.5) is 5.00 Å². The summed E-state index contributed by atoms with van der Waals surface area (Å²) in [5.74, 6) is -1.96. The zero-order valence-electron chi connectivity index (χ0n) is 14.5. The summed E-state index contributed by atoms with van der Waals surface area (Å²) in [5.41, 5.74) is 0.500. The Morgan fingerprint density at radius 2 is 1.74 bits per heavy atom. The van der Waals surface area contributed by atoms with E-state index in [1.165, 1.54) is 20.3 Å². The Kier molecular flexibility index (Phi) is 5.62. The molecule has 0 radical (unpaired) electrons. The molecule has 0 spiro atoms. The molecule has 7 nitrogen and oxygen atoms in total. The van der Waals surface area contributed by atoms with Crippen molar-refractivity contribution < 1.29 is 28.7 Å². The van der Waals surface area contributed by atoms with Crippen LogP contribution in [0.15, 0.2) is 40.6 Å². The standard InChI is InChI=1S/C18H15NO6S2/c1-24-17(22)10-5-3-4-6-12(10)27-13-9-14(20)19(15(13)21)16-11(7-8-26-16)18(23)25-2/h3-8,13H,9H2,1-2H3/t13-/m0/s1. The first kappa shape index (κ1) is 19.1. The molecule has 2 heterocycles. The fourth-order valence-electron chi connectivity index (χ4n) is 2.65. The fourth-order valence-corrected chi connectivity index (χ4v) is 4.73. The number of methoxy groups -OCH3 is 2. The molecule has 1 atom stereocenters. The lowest BCUT2D eigenvalue weighted by molar-refractivity contribution is -0.121. The Hall–Kier alpha value is -2.65. The van der Waals surface area contributed by atoms with Crippen LogP contribution in [-0.4, -0.2) is 43.2 Å². The van der Waals surface area contributed by atoms with E-state index in [4.69, 9.17) is 9.47 Å². The maximum Gasteiger partial charge on any atom is 0.340 e. The SMILES string of the molecule is COC(=O)c1ccccc1S[C@H]1CC(=O)N(c2sccc2C(=O)OC)C1=O. The minimum Gasteiger partial charge on any atom is -0.465 e. The van der Waals surface area contributed by atoms with E-state index in [9.17, 15) is 19.2 Å². The van der Waals surface area contributed by atoms with Crippen molar-refractivity contribution in [2.45, 2.75) is 16.6 Å². The number of ether oxygens (including phenoxy) is 2. The fraction of sp³-hybridized carbons (Fsp3) is 0.222. The molecule has 27 heavy (non-hydrogen) atoms. The lowest BCUT2D eigenvalue weighted by atomic mass is 10.2. The third kappa shape index (κ3) is 3.60. The number of anilines is 1. The zero-order valence-corrected chi connectivity index (χ0v) is 16.1. The Labute approximate surface area is 163 Å². The van der Waals surface area contributed by atoms with Gasteiger partial charge in [0.05, 0.1) is 30.6 Å². The summed E-state index contributed by atoms with van der Waals surface area (Å²) < 4.78 is 9.46. The number of rotatable bonds is 5. The molecule has 1 aromatic heterocycles. The van der Waals surface area contributed by atoms with Gasteiger partial charge < -0.3 is 9.47 Å². The normalized spacial score (nSPS) is 16.5. The molecule has 2 aromatic rings. The average molecular weight is 405 g/mol. The van der Waals surface area contributed by atoms with E-state index in [0.717, 1.165) is 28.0 Å². The average Bonchev–Trinajstić information content (AvgIpc) is 3.25. The van der Waals surface area contributed by atoms with Crippen molar-refractivity contribution >= 4 is 51.9 Å². The van der Waals surface area contributed by atoms with Crippen molar-refractivity contribution in [3.05, 3.63) is 46.8 Å². The van der Waals surface area contributed by atoms with Gasteiger partial charge in [0, 0.05) is 11.3 Å². The molecule has 9 heteroatoms. The second-order valence-electron chi connectivity index (χ2n) is 5.50. The molecule has 1 saturated heterocycles. The van der Waals surface area contributed by atoms with Gasteiger partial charge in [-0.15, -0.1) is 23.1 Å². The summed E-state index contributed by atoms with van der Waals surface area (Å²) in [4.78, 5) is 50.7. The van der Waals surface area contributed by atoms with Gasteiger partial charge in [-0.25, -0.2) is 14.5 Å². The minimum atomic E-state index is -0.698. The molecule has 140 valence electrons. The predicted molar refractivity (Wildman–Crippen MR) is 100 cm³/mol. The number of nitrogens with zero attached hydrogens (tertiary/aromatic N) is 1. The number of hydrogen-bond donors (Lipinski definition) is 0. The van der Waals surface area contributed by atoms with Crippen LogP contribution in [0.25, 0.3) is 0 Å². The van der Waals surface area contributed by atoms with Gasteiger partial charge in [0.15, 0.2) is 0 Å². The van der Waals surface area contributed by atoms with E-state index in [1.54, 1.807) is 29.6 Å².